The normalized spacial score (nSPS) is 17.3. The van der Waals surface area contributed by atoms with Gasteiger partial charge in [-0.25, -0.2) is 4.99 Å². The Balaban J connectivity index is 1.93. The molecule has 0 aromatic heterocycles. The summed E-state index contributed by atoms with van der Waals surface area (Å²) in [6.07, 6.45) is 2.55. The van der Waals surface area contributed by atoms with E-state index in [0.717, 1.165) is 19.3 Å². The van der Waals surface area contributed by atoms with Crippen LogP contribution in [-0.4, -0.2) is 30.0 Å². The van der Waals surface area contributed by atoms with Crippen LogP contribution in [0.2, 0.25) is 0 Å². The number of aliphatic imine (C=N–C) groups is 1. The maximum atomic E-state index is 11.8. The lowest BCUT2D eigenvalue weighted by Crippen LogP contribution is -2.44. The van der Waals surface area contributed by atoms with Gasteiger partial charge in [0.2, 0.25) is 11.8 Å². The summed E-state index contributed by atoms with van der Waals surface area (Å²) >= 11 is 0. The van der Waals surface area contributed by atoms with Gasteiger partial charge in [-0.2, -0.15) is 0 Å². The molecule has 2 aromatic carbocycles. The lowest BCUT2D eigenvalue weighted by molar-refractivity contribution is -0.119. The van der Waals surface area contributed by atoms with Crippen LogP contribution in [0, 0.1) is 5.92 Å². The summed E-state index contributed by atoms with van der Waals surface area (Å²) in [5.74, 6) is 0.864. The summed E-state index contributed by atoms with van der Waals surface area (Å²) < 4.78 is 6.13. The second-order valence-electron chi connectivity index (χ2n) is 7.85. The molecular weight excluding hydrogens is 348 g/mol. The molecule has 4 heteroatoms. The fourth-order valence-corrected chi connectivity index (χ4v) is 3.76. The Morgan fingerprint density at radius 3 is 2.07 bits per heavy atom. The molecule has 4 nitrogen and oxygen atoms in total. The lowest BCUT2D eigenvalue weighted by atomic mass is 9.86. The molecule has 1 heterocycles. The molecule has 148 valence electrons. The van der Waals surface area contributed by atoms with Crippen molar-refractivity contribution in [3.05, 3.63) is 71.8 Å². The van der Waals surface area contributed by atoms with Gasteiger partial charge in [-0.15, -0.1) is 0 Å². The first kappa shape index (κ1) is 20.1. The monoisotopic (exact) mass is 378 g/mol. The Morgan fingerprint density at radius 1 is 1.07 bits per heavy atom. The van der Waals surface area contributed by atoms with Crippen LogP contribution in [-0.2, 0) is 22.4 Å². The molecule has 2 aromatic rings. The van der Waals surface area contributed by atoms with Crippen molar-refractivity contribution in [3.63, 3.8) is 0 Å². The topological polar surface area (TPSA) is 50.7 Å². The molecule has 0 bridgehead atoms. The van der Waals surface area contributed by atoms with Gasteiger partial charge >= 0.3 is 0 Å². The first-order valence-corrected chi connectivity index (χ1v) is 10.1. The maximum absolute atomic E-state index is 11.8. The Bertz CT molecular complexity index is 760. The summed E-state index contributed by atoms with van der Waals surface area (Å²) in [7, 11) is 0. The second kappa shape index (κ2) is 9.05. The van der Waals surface area contributed by atoms with Gasteiger partial charge in [0.25, 0.3) is 0 Å². The van der Waals surface area contributed by atoms with Gasteiger partial charge in [-0.1, -0.05) is 80.9 Å². The SMILES string of the molecule is CC[C@H](C)C(NC(C)=O)C1=NC(Cc2ccccc2)(Cc2ccccc2)CO1. The summed E-state index contributed by atoms with van der Waals surface area (Å²) in [4.78, 5) is 16.9. The number of nitrogens with one attached hydrogen (secondary N) is 1. The fourth-order valence-electron chi connectivity index (χ4n) is 3.76. The van der Waals surface area contributed by atoms with Crippen molar-refractivity contribution in [2.24, 2.45) is 10.9 Å². The van der Waals surface area contributed by atoms with Crippen LogP contribution in [0.1, 0.15) is 38.3 Å². The largest absolute Gasteiger partial charge is 0.477 e. The average molecular weight is 379 g/mol. The number of nitrogens with zero attached hydrogens (tertiary/aromatic N) is 1. The van der Waals surface area contributed by atoms with Crippen LogP contribution >= 0.6 is 0 Å². The highest BCUT2D eigenvalue weighted by molar-refractivity contribution is 5.88. The maximum Gasteiger partial charge on any atom is 0.217 e. The van der Waals surface area contributed by atoms with Gasteiger partial charge in [0.15, 0.2) is 0 Å². The molecule has 1 amide bonds. The molecule has 1 N–H and O–H groups in total. The predicted octanol–water partition coefficient (Wildman–Crippen LogP) is 4.19. The average Bonchev–Trinajstić information content (AvgIpc) is 3.10. The van der Waals surface area contributed by atoms with E-state index in [4.69, 9.17) is 9.73 Å². The molecule has 0 saturated carbocycles. The summed E-state index contributed by atoms with van der Waals surface area (Å²) in [5, 5.41) is 3.04. The minimum Gasteiger partial charge on any atom is -0.477 e. The Hall–Kier alpha value is -2.62. The van der Waals surface area contributed by atoms with Crippen molar-refractivity contribution < 1.29 is 9.53 Å². The number of carbonyl (C=O) groups is 1. The smallest absolute Gasteiger partial charge is 0.217 e. The van der Waals surface area contributed by atoms with E-state index in [2.05, 4.69) is 67.7 Å². The molecule has 1 aliphatic heterocycles. The Labute approximate surface area is 168 Å². The summed E-state index contributed by atoms with van der Waals surface area (Å²) in [5.41, 5.74) is 2.13. The molecule has 0 radical (unpaired) electrons. The van der Waals surface area contributed by atoms with E-state index in [1.165, 1.54) is 11.1 Å². The number of benzene rings is 2. The van der Waals surface area contributed by atoms with Gasteiger partial charge < -0.3 is 10.1 Å². The molecule has 2 atom stereocenters. The van der Waals surface area contributed by atoms with Crippen molar-refractivity contribution in [1.29, 1.82) is 0 Å². The molecule has 1 unspecified atom stereocenters. The highest BCUT2D eigenvalue weighted by Gasteiger charge is 2.40. The van der Waals surface area contributed by atoms with Crippen molar-refractivity contribution in [2.45, 2.75) is 51.6 Å². The minimum absolute atomic E-state index is 0.0554. The number of hydrogen-bond donors (Lipinski definition) is 1. The number of carbonyl (C=O) groups excluding carboxylic acids is 1. The number of amides is 1. The molecule has 1 aliphatic rings. The quantitative estimate of drug-likeness (QED) is 0.749. The third kappa shape index (κ3) is 5.00. The number of ether oxygens (including phenoxy) is 1. The highest BCUT2D eigenvalue weighted by Crippen LogP contribution is 2.30. The molecule has 3 rings (SSSR count). The van der Waals surface area contributed by atoms with E-state index in [0.29, 0.717) is 12.5 Å². The van der Waals surface area contributed by atoms with Crippen LogP contribution in [0.3, 0.4) is 0 Å². The van der Waals surface area contributed by atoms with E-state index in [9.17, 15) is 4.79 Å². The third-order valence-corrected chi connectivity index (χ3v) is 5.43. The van der Waals surface area contributed by atoms with Crippen LogP contribution in [0.15, 0.2) is 65.7 Å². The molecule has 0 fully saturated rings. The zero-order chi connectivity index (χ0) is 20.0. The summed E-state index contributed by atoms with van der Waals surface area (Å²) in [6.45, 7) is 6.32. The Kier molecular flexibility index (Phi) is 6.50. The van der Waals surface area contributed by atoms with Crippen LogP contribution in [0.4, 0.5) is 0 Å². The van der Waals surface area contributed by atoms with Gasteiger partial charge in [0, 0.05) is 19.8 Å². The summed E-state index contributed by atoms with van der Waals surface area (Å²) in [6, 6.07) is 20.7. The standard InChI is InChI=1S/C24H30N2O2/c1-4-18(2)22(25-19(3)27)23-26-24(17-28-23,15-20-11-7-5-8-12-20)16-21-13-9-6-10-14-21/h5-14,18,22H,4,15-17H2,1-3H3,(H,25,27)/t18-,22?/m0/s1. The van der Waals surface area contributed by atoms with E-state index >= 15 is 0 Å². The predicted molar refractivity (Wildman–Crippen MR) is 113 cm³/mol. The van der Waals surface area contributed by atoms with E-state index < -0.39 is 0 Å². The minimum atomic E-state index is -0.359. The molecule has 0 saturated heterocycles. The first-order valence-electron chi connectivity index (χ1n) is 10.1. The van der Waals surface area contributed by atoms with E-state index in [-0.39, 0.29) is 23.4 Å². The fraction of sp³-hybridized carbons (Fsp3) is 0.417. The Morgan fingerprint density at radius 2 is 1.61 bits per heavy atom. The van der Waals surface area contributed by atoms with Crippen LogP contribution in [0.5, 0.6) is 0 Å². The van der Waals surface area contributed by atoms with Crippen molar-refractivity contribution >= 4 is 11.8 Å². The molecular formula is C24H30N2O2. The zero-order valence-corrected chi connectivity index (χ0v) is 17.0. The molecule has 0 aliphatic carbocycles. The van der Waals surface area contributed by atoms with E-state index in [1.54, 1.807) is 6.92 Å². The van der Waals surface area contributed by atoms with E-state index in [1.807, 2.05) is 12.1 Å². The van der Waals surface area contributed by atoms with Crippen LogP contribution in [0.25, 0.3) is 0 Å². The van der Waals surface area contributed by atoms with Crippen molar-refractivity contribution in [3.8, 4) is 0 Å². The molecule has 0 spiro atoms. The third-order valence-electron chi connectivity index (χ3n) is 5.43. The second-order valence-corrected chi connectivity index (χ2v) is 7.85. The number of rotatable bonds is 8. The zero-order valence-electron chi connectivity index (χ0n) is 17.0. The van der Waals surface area contributed by atoms with Crippen molar-refractivity contribution in [2.75, 3.05) is 6.61 Å². The first-order chi connectivity index (χ1) is 13.5. The van der Waals surface area contributed by atoms with Gasteiger partial charge in [-0.3, -0.25) is 4.79 Å². The number of hydrogen-bond acceptors (Lipinski definition) is 3. The van der Waals surface area contributed by atoms with Crippen molar-refractivity contribution in [1.82, 2.24) is 5.32 Å². The molecule has 28 heavy (non-hydrogen) atoms. The van der Waals surface area contributed by atoms with Gasteiger partial charge in [0.05, 0.1) is 0 Å². The van der Waals surface area contributed by atoms with Gasteiger partial charge in [0.1, 0.15) is 18.2 Å². The highest BCUT2D eigenvalue weighted by atomic mass is 16.5. The lowest BCUT2D eigenvalue weighted by Gasteiger charge is -2.24. The van der Waals surface area contributed by atoms with Crippen LogP contribution < -0.4 is 5.32 Å². The van der Waals surface area contributed by atoms with Gasteiger partial charge in [-0.05, 0) is 17.0 Å².